The summed E-state index contributed by atoms with van der Waals surface area (Å²) in [6.45, 7) is 7.74. The number of carbonyl (C=O) groups is 1. The zero-order valence-corrected chi connectivity index (χ0v) is 11.4. The van der Waals surface area contributed by atoms with E-state index in [1.54, 1.807) is 6.20 Å². The van der Waals surface area contributed by atoms with Crippen molar-refractivity contribution in [3.05, 3.63) is 18.3 Å². The van der Waals surface area contributed by atoms with Gasteiger partial charge in [0.2, 0.25) is 0 Å². The summed E-state index contributed by atoms with van der Waals surface area (Å²) < 4.78 is 0. The van der Waals surface area contributed by atoms with E-state index in [9.17, 15) is 4.79 Å². The highest BCUT2D eigenvalue weighted by atomic mass is 16.2. The molecule has 2 rings (SSSR count). The zero-order valence-electron chi connectivity index (χ0n) is 11.4. The van der Waals surface area contributed by atoms with Crippen LogP contribution >= 0.6 is 0 Å². The van der Waals surface area contributed by atoms with Crippen molar-refractivity contribution in [1.29, 1.82) is 0 Å². The molecule has 0 saturated carbocycles. The van der Waals surface area contributed by atoms with E-state index in [1.165, 1.54) is 0 Å². The van der Waals surface area contributed by atoms with E-state index in [1.807, 2.05) is 26.0 Å². The molecule has 1 fully saturated rings. The molecule has 2 heterocycles. The molecule has 0 aromatic carbocycles. The first-order valence-corrected chi connectivity index (χ1v) is 6.64. The molecule has 1 aromatic rings. The van der Waals surface area contributed by atoms with Gasteiger partial charge in [-0.2, -0.15) is 0 Å². The fourth-order valence-corrected chi connectivity index (χ4v) is 1.97. The van der Waals surface area contributed by atoms with Crippen LogP contribution in [-0.4, -0.2) is 43.2 Å². The van der Waals surface area contributed by atoms with Gasteiger partial charge in [-0.15, -0.1) is 0 Å². The van der Waals surface area contributed by atoms with Crippen molar-refractivity contribution < 1.29 is 4.79 Å². The third kappa shape index (κ3) is 4.10. The molecule has 3 N–H and O–H groups in total. The Morgan fingerprint density at radius 1 is 1.37 bits per heavy atom. The molecule has 1 aliphatic heterocycles. The molecule has 1 aliphatic rings. The second-order valence-corrected chi connectivity index (χ2v) is 4.90. The fourth-order valence-electron chi connectivity index (χ4n) is 1.97. The van der Waals surface area contributed by atoms with Crippen LogP contribution in [0.1, 0.15) is 13.8 Å². The number of carbonyl (C=O) groups excluding carboxylic acids is 1. The highest BCUT2D eigenvalue weighted by Gasteiger charge is 2.11. The molecule has 6 heteroatoms. The van der Waals surface area contributed by atoms with Crippen molar-refractivity contribution in [3.63, 3.8) is 0 Å². The maximum Gasteiger partial charge on any atom is 0.319 e. The number of pyridine rings is 1. The normalized spacial score (nSPS) is 15.4. The van der Waals surface area contributed by atoms with Crippen molar-refractivity contribution >= 4 is 17.5 Å². The largest absolute Gasteiger partial charge is 0.354 e. The van der Waals surface area contributed by atoms with Gasteiger partial charge in [-0.1, -0.05) is 0 Å². The summed E-state index contributed by atoms with van der Waals surface area (Å²) >= 11 is 0. The van der Waals surface area contributed by atoms with Crippen molar-refractivity contribution in [1.82, 2.24) is 15.6 Å². The minimum absolute atomic E-state index is 0.119. The topological polar surface area (TPSA) is 69.3 Å². The van der Waals surface area contributed by atoms with E-state index in [4.69, 9.17) is 0 Å². The summed E-state index contributed by atoms with van der Waals surface area (Å²) in [7, 11) is 0. The number of urea groups is 1. The van der Waals surface area contributed by atoms with Gasteiger partial charge >= 0.3 is 6.03 Å². The second-order valence-electron chi connectivity index (χ2n) is 4.90. The number of nitrogens with zero attached hydrogens (tertiary/aromatic N) is 2. The van der Waals surface area contributed by atoms with E-state index >= 15 is 0 Å². The minimum atomic E-state index is -0.202. The average molecular weight is 263 g/mol. The Labute approximate surface area is 113 Å². The van der Waals surface area contributed by atoms with E-state index < -0.39 is 0 Å². The lowest BCUT2D eigenvalue weighted by Crippen LogP contribution is -2.43. The van der Waals surface area contributed by atoms with Gasteiger partial charge in [-0.25, -0.2) is 9.78 Å². The maximum atomic E-state index is 11.5. The Morgan fingerprint density at radius 3 is 2.68 bits per heavy atom. The SMILES string of the molecule is CC(C)NC(=O)Nc1ccc(N2CCNCC2)nc1. The summed E-state index contributed by atoms with van der Waals surface area (Å²) in [5, 5.41) is 8.84. The molecule has 0 aliphatic carbocycles. The summed E-state index contributed by atoms with van der Waals surface area (Å²) in [6.07, 6.45) is 1.69. The summed E-state index contributed by atoms with van der Waals surface area (Å²) in [5.41, 5.74) is 0.706. The van der Waals surface area contributed by atoms with Crippen LogP contribution in [0.5, 0.6) is 0 Å². The smallest absolute Gasteiger partial charge is 0.319 e. The second kappa shape index (κ2) is 6.38. The van der Waals surface area contributed by atoms with Crippen LogP contribution in [0.15, 0.2) is 18.3 Å². The number of hydrogen-bond donors (Lipinski definition) is 3. The monoisotopic (exact) mass is 263 g/mol. The van der Waals surface area contributed by atoms with Crippen LogP contribution in [0.2, 0.25) is 0 Å². The lowest BCUT2D eigenvalue weighted by atomic mass is 10.3. The first-order chi connectivity index (χ1) is 9.15. The Morgan fingerprint density at radius 2 is 2.11 bits per heavy atom. The molecule has 2 amide bonds. The summed E-state index contributed by atoms with van der Waals surface area (Å²) in [6, 6.07) is 3.74. The van der Waals surface area contributed by atoms with Crippen molar-refractivity contribution in [2.45, 2.75) is 19.9 Å². The Balaban J connectivity index is 1.92. The van der Waals surface area contributed by atoms with Gasteiger partial charge in [0.1, 0.15) is 5.82 Å². The number of amides is 2. The molecule has 1 saturated heterocycles. The minimum Gasteiger partial charge on any atom is -0.354 e. The first kappa shape index (κ1) is 13.6. The predicted molar refractivity (Wildman–Crippen MR) is 76.6 cm³/mol. The van der Waals surface area contributed by atoms with Crippen LogP contribution in [0.4, 0.5) is 16.3 Å². The summed E-state index contributed by atoms with van der Waals surface area (Å²) in [5.74, 6) is 0.955. The highest BCUT2D eigenvalue weighted by Crippen LogP contribution is 2.14. The third-order valence-corrected chi connectivity index (χ3v) is 2.87. The molecule has 0 radical (unpaired) electrons. The number of piperazine rings is 1. The molecule has 1 aromatic heterocycles. The molecule has 0 spiro atoms. The lowest BCUT2D eigenvalue weighted by Gasteiger charge is -2.28. The number of rotatable bonds is 3. The van der Waals surface area contributed by atoms with Crippen LogP contribution in [0.25, 0.3) is 0 Å². The average Bonchev–Trinajstić information content (AvgIpc) is 2.39. The van der Waals surface area contributed by atoms with Gasteiger partial charge in [-0.05, 0) is 26.0 Å². The van der Waals surface area contributed by atoms with Gasteiger partial charge in [0.25, 0.3) is 0 Å². The molecule has 0 bridgehead atoms. The van der Waals surface area contributed by atoms with Crippen LogP contribution in [0, 0.1) is 0 Å². The van der Waals surface area contributed by atoms with Crippen molar-refractivity contribution in [2.24, 2.45) is 0 Å². The van der Waals surface area contributed by atoms with Gasteiger partial charge in [-0.3, -0.25) is 0 Å². The highest BCUT2D eigenvalue weighted by molar-refractivity contribution is 5.89. The zero-order chi connectivity index (χ0) is 13.7. The molecular formula is C13H21N5O. The molecule has 104 valence electrons. The number of aromatic nitrogens is 1. The number of nitrogens with one attached hydrogen (secondary N) is 3. The Kier molecular flexibility index (Phi) is 4.57. The first-order valence-electron chi connectivity index (χ1n) is 6.64. The summed E-state index contributed by atoms with van der Waals surface area (Å²) in [4.78, 5) is 18.2. The van der Waals surface area contributed by atoms with E-state index in [0.717, 1.165) is 32.0 Å². The number of hydrogen-bond acceptors (Lipinski definition) is 4. The molecule has 19 heavy (non-hydrogen) atoms. The van der Waals surface area contributed by atoms with Crippen LogP contribution in [0.3, 0.4) is 0 Å². The molecule has 0 unspecified atom stereocenters. The van der Waals surface area contributed by atoms with Gasteiger partial charge in [0.05, 0.1) is 11.9 Å². The number of anilines is 2. The van der Waals surface area contributed by atoms with Crippen LogP contribution in [-0.2, 0) is 0 Å². The standard InChI is InChI=1S/C13H21N5O/c1-10(2)16-13(19)17-11-3-4-12(15-9-11)18-7-5-14-6-8-18/h3-4,9-10,14H,5-8H2,1-2H3,(H2,16,17,19). The maximum absolute atomic E-state index is 11.5. The van der Waals surface area contributed by atoms with Crippen LogP contribution < -0.4 is 20.9 Å². The predicted octanol–water partition coefficient (Wildman–Crippen LogP) is 1.02. The van der Waals surface area contributed by atoms with Gasteiger partial charge in [0.15, 0.2) is 0 Å². The molecule has 6 nitrogen and oxygen atoms in total. The van der Waals surface area contributed by atoms with Crippen molar-refractivity contribution in [3.8, 4) is 0 Å². The Bertz CT molecular complexity index is 412. The van der Waals surface area contributed by atoms with E-state index in [-0.39, 0.29) is 12.1 Å². The molecular weight excluding hydrogens is 242 g/mol. The van der Waals surface area contributed by atoms with Gasteiger partial charge < -0.3 is 20.9 Å². The lowest BCUT2D eigenvalue weighted by molar-refractivity contribution is 0.250. The quantitative estimate of drug-likeness (QED) is 0.761. The third-order valence-electron chi connectivity index (χ3n) is 2.87. The van der Waals surface area contributed by atoms with E-state index in [2.05, 4.69) is 25.8 Å². The fraction of sp³-hybridized carbons (Fsp3) is 0.538. The Hall–Kier alpha value is -1.82. The van der Waals surface area contributed by atoms with Gasteiger partial charge in [0, 0.05) is 32.2 Å². The van der Waals surface area contributed by atoms with E-state index in [0.29, 0.717) is 5.69 Å². The van der Waals surface area contributed by atoms with Crippen molar-refractivity contribution in [2.75, 3.05) is 36.4 Å². The molecule has 0 atom stereocenters.